The lowest BCUT2D eigenvalue weighted by Gasteiger charge is -2.31. The first-order valence-electron chi connectivity index (χ1n) is 7.55. The van der Waals surface area contributed by atoms with Crippen molar-refractivity contribution in [1.82, 2.24) is 4.90 Å². The molecule has 0 atom stereocenters. The van der Waals surface area contributed by atoms with Gasteiger partial charge in [-0.1, -0.05) is 58.3 Å². The SMILES string of the molecule is CCCCCCCCN(C)C1CCCCC1. The first-order valence-corrected chi connectivity index (χ1v) is 7.55. The van der Waals surface area contributed by atoms with E-state index in [4.69, 9.17) is 0 Å². The molecule has 0 N–H and O–H groups in total. The predicted octanol–water partition coefficient (Wildman–Crippen LogP) is 4.61. The smallest absolute Gasteiger partial charge is 0.00922 e. The van der Waals surface area contributed by atoms with Gasteiger partial charge in [0.05, 0.1) is 0 Å². The van der Waals surface area contributed by atoms with Gasteiger partial charge in [-0.2, -0.15) is 0 Å². The number of nitrogens with zero attached hydrogens (tertiary/aromatic N) is 1. The summed E-state index contributed by atoms with van der Waals surface area (Å²) in [6, 6.07) is 0.907. The van der Waals surface area contributed by atoms with Gasteiger partial charge in [0, 0.05) is 6.04 Å². The number of unbranched alkanes of at least 4 members (excludes halogenated alkanes) is 5. The molecule has 0 unspecified atom stereocenters. The van der Waals surface area contributed by atoms with Crippen LogP contribution in [0.15, 0.2) is 0 Å². The van der Waals surface area contributed by atoms with E-state index >= 15 is 0 Å². The molecule has 16 heavy (non-hydrogen) atoms. The van der Waals surface area contributed by atoms with Crippen molar-refractivity contribution in [2.75, 3.05) is 13.6 Å². The van der Waals surface area contributed by atoms with E-state index < -0.39 is 0 Å². The van der Waals surface area contributed by atoms with Crippen molar-refractivity contribution in [2.24, 2.45) is 0 Å². The molecule has 0 bridgehead atoms. The summed E-state index contributed by atoms with van der Waals surface area (Å²) in [4.78, 5) is 2.62. The molecular weight excluding hydrogens is 194 g/mol. The van der Waals surface area contributed by atoms with Crippen LogP contribution in [0, 0.1) is 0 Å². The van der Waals surface area contributed by atoms with Gasteiger partial charge >= 0.3 is 0 Å². The van der Waals surface area contributed by atoms with Crippen LogP contribution in [0.2, 0.25) is 0 Å². The molecule has 1 aliphatic carbocycles. The molecule has 0 saturated heterocycles. The highest BCUT2D eigenvalue weighted by Crippen LogP contribution is 2.21. The van der Waals surface area contributed by atoms with Crippen LogP contribution in [0.1, 0.15) is 77.6 Å². The molecule has 1 saturated carbocycles. The van der Waals surface area contributed by atoms with Gasteiger partial charge < -0.3 is 4.90 Å². The Hall–Kier alpha value is -0.0400. The standard InChI is InChI=1S/C15H31N/c1-3-4-5-6-7-11-14-16(2)15-12-9-8-10-13-15/h15H,3-14H2,1-2H3. The molecule has 0 aromatic heterocycles. The van der Waals surface area contributed by atoms with Crippen LogP contribution in [-0.2, 0) is 0 Å². The quantitative estimate of drug-likeness (QED) is 0.545. The normalized spacial score (nSPS) is 18.2. The largest absolute Gasteiger partial charge is 0.303 e. The maximum Gasteiger partial charge on any atom is 0.00922 e. The Bertz CT molecular complexity index is 150. The Labute approximate surface area is 103 Å². The van der Waals surface area contributed by atoms with E-state index in [1.54, 1.807) is 0 Å². The molecule has 0 aromatic carbocycles. The van der Waals surface area contributed by atoms with E-state index in [-0.39, 0.29) is 0 Å². The fourth-order valence-electron chi connectivity index (χ4n) is 2.85. The Morgan fingerprint density at radius 1 is 0.875 bits per heavy atom. The third kappa shape index (κ3) is 5.89. The molecule has 1 rings (SSSR count). The minimum Gasteiger partial charge on any atom is -0.303 e. The molecule has 0 amide bonds. The van der Waals surface area contributed by atoms with Gasteiger partial charge in [-0.25, -0.2) is 0 Å². The van der Waals surface area contributed by atoms with E-state index in [2.05, 4.69) is 18.9 Å². The number of rotatable bonds is 8. The zero-order chi connectivity index (χ0) is 11.6. The van der Waals surface area contributed by atoms with Crippen molar-refractivity contribution in [2.45, 2.75) is 83.6 Å². The fraction of sp³-hybridized carbons (Fsp3) is 1.00. The molecule has 0 aliphatic heterocycles. The first kappa shape index (κ1) is 14.0. The molecule has 1 aliphatic rings. The van der Waals surface area contributed by atoms with Crippen molar-refractivity contribution in [3.63, 3.8) is 0 Å². The average Bonchev–Trinajstić information content (AvgIpc) is 2.34. The average molecular weight is 225 g/mol. The minimum absolute atomic E-state index is 0.907. The topological polar surface area (TPSA) is 3.24 Å². The second-order valence-electron chi connectivity index (χ2n) is 5.54. The molecular formula is C15H31N. The second kappa shape index (κ2) is 9.04. The second-order valence-corrected chi connectivity index (χ2v) is 5.54. The lowest BCUT2D eigenvalue weighted by molar-refractivity contribution is 0.188. The monoisotopic (exact) mass is 225 g/mol. The lowest BCUT2D eigenvalue weighted by atomic mass is 9.94. The number of hydrogen-bond donors (Lipinski definition) is 0. The Balaban J connectivity index is 1.94. The van der Waals surface area contributed by atoms with Gasteiger partial charge in [0.2, 0.25) is 0 Å². The summed E-state index contributed by atoms with van der Waals surface area (Å²) < 4.78 is 0. The van der Waals surface area contributed by atoms with E-state index in [0.29, 0.717) is 0 Å². The molecule has 0 radical (unpaired) electrons. The molecule has 0 spiro atoms. The van der Waals surface area contributed by atoms with Gasteiger partial charge in [-0.15, -0.1) is 0 Å². The lowest BCUT2D eigenvalue weighted by Crippen LogP contribution is -2.34. The molecule has 1 heteroatoms. The van der Waals surface area contributed by atoms with Crippen LogP contribution in [-0.4, -0.2) is 24.5 Å². The van der Waals surface area contributed by atoms with E-state index in [1.165, 1.54) is 77.2 Å². The Morgan fingerprint density at radius 3 is 2.19 bits per heavy atom. The van der Waals surface area contributed by atoms with Gasteiger partial charge in [-0.3, -0.25) is 0 Å². The minimum atomic E-state index is 0.907. The van der Waals surface area contributed by atoms with Crippen molar-refractivity contribution in [3.8, 4) is 0 Å². The number of hydrogen-bond acceptors (Lipinski definition) is 1. The summed E-state index contributed by atoms with van der Waals surface area (Å²) in [5.41, 5.74) is 0. The maximum atomic E-state index is 2.62. The van der Waals surface area contributed by atoms with Crippen LogP contribution >= 0.6 is 0 Å². The zero-order valence-electron chi connectivity index (χ0n) is 11.5. The highest BCUT2D eigenvalue weighted by atomic mass is 15.1. The fourth-order valence-corrected chi connectivity index (χ4v) is 2.85. The summed E-state index contributed by atoms with van der Waals surface area (Å²) in [6.45, 7) is 3.62. The van der Waals surface area contributed by atoms with Gasteiger partial charge in [0.15, 0.2) is 0 Å². The zero-order valence-corrected chi connectivity index (χ0v) is 11.5. The Kier molecular flexibility index (Phi) is 7.92. The van der Waals surface area contributed by atoms with Crippen molar-refractivity contribution < 1.29 is 0 Å². The summed E-state index contributed by atoms with van der Waals surface area (Å²) in [6.07, 6.45) is 15.8. The molecule has 0 aromatic rings. The van der Waals surface area contributed by atoms with Crippen LogP contribution in [0.5, 0.6) is 0 Å². The third-order valence-electron chi connectivity index (χ3n) is 4.06. The van der Waals surface area contributed by atoms with Crippen molar-refractivity contribution in [1.29, 1.82) is 0 Å². The van der Waals surface area contributed by atoms with Crippen LogP contribution < -0.4 is 0 Å². The maximum absolute atomic E-state index is 2.62. The summed E-state index contributed by atoms with van der Waals surface area (Å²) in [7, 11) is 2.34. The molecule has 0 heterocycles. The van der Waals surface area contributed by atoms with E-state index in [1.807, 2.05) is 0 Å². The predicted molar refractivity (Wildman–Crippen MR) is 72.9 cm³/mol. The highest BCUT2D eigenvalue weighted by molar-refractivity contribution is 4.73. The van der Waals surface area contributed by atoms with Crippen LogP contribution in [0.3, 0.4) is 0 Å². The van der Waals surface area contributed by atoms with Gasteiger partial charge in [0.25, 0.3) is 0 Å². The molecule has 96 valence electrons. The van der Waals surface area contributed by atoms with E-state index in [0.717, 1.165) is 6.04 Å². The van der Waals surface area contributed by atoms with Crippen molar-refractivity contribution in [3.05, 3.63) is 0 Å². The Morgan fingerprint density at radius 2 is 1.50 bits per heavy atom. The van der Waals surface area contributed by atoms with E-state index in [9.17, 15) is 0 Å². The summed E-state index contributed by atoms with van der Waals surface area (Å²) in [5, 5.41) is 0. The van der Waals surface area contributed by atoms with Crippen LogP contribution in [0.4, 0.5) is 0 Å². The van der Waals surface area contributed by atoms with Gasteiger partial charge in [0.1, 0.15) is 0 Å². The highest BCUT2D eigenvalue weighted by Gasteiger charge is 2.16. The third-order valence-corrected chi connectivity index (χ3v) is 4.06. The first-order chi connectivity index (χ1) is 7.84. The van der Waals surface area contributed by atoms with Crippen LogP contribution in [0.25, 0.3) is 0 Å². The molecule has 1 nitrogen and oxygen atoms in total. The van der Waals surface area contributed by atoms with Gasteiger partial charge in [-0.05, 0) is 32.9 Å². The molecule has 1 fully saturated rings. The summed E-state index contributed by atoms with van der Waals surface area (Å²) >= 11 is 0. The van der Waals surface area contributed by atoms with Crippen molar-refractivity contribution >= 4 is 0 Å². The summed E-state index contributed by atoms with van der Waals surface area (Å²) in [5.74, 6) is 0.